The molecule has 0 heterocycles. The number of nitrogens with one attached hydrogen (secondary N) is 3. The average molecular weight is 489 g/mol. The van der Waals surface area contributed by atoms with Gasteiger partial charge in [0, 0.05) is 0 Å². The molecule has 0 aromatic rings. The molecule has 0 aliphatic carbocycles. The number of unbranched alkanes of at least 4 members (excludes halogenated alkanes) is 1. The molecule has 0 rings (SSSR count). The van der Waals surface area contributed by atoms with Crippen LogP contribution in [-0.2, 0) is 28.8 Å². The Morgan fingerprint density at radius 2 is 1.44 bits per heavy atom. The number of rotatable bonds is 17. The molecule has 34 heavy (non-hydrogen) atoms. The van der Waals surface area contributed by atoms with Gasteiger partial charge >= 0.3 is 11.9 Å². The summed E-state index contributed by atoms with van der Waals surface area (Å²) in [6, 6.07) is -5.29. The molecular formula is C20H36N6O8. The van der Waals surface area contributed by atoms with E-state index < -0.39 is 78.5 Å². The summed E-state index contributed by atoms with van der Waals surface area (Å²) in [7, 11) is 0. The molecular weight excluding hydrogens is 452 g/mol. The lowest BCUT2D eigenvalue weighted by atomic mass is 9.96. The minimum absolute atomic E-state index is 0.109. The quantitative estimate of drug-likeness (QED) is 0.0988. The molecule has 0 bridgehead atoms. The smallest absolute Gasteiger partial charge is 0.326 e. The van der Waals surface area contributed by atoms with Gasteiger partial charge in [-0.1, -0.05) is 20.3 Å². The van der Waals surface area contributed by atoms with Crippen molar-refractivity contribution in [3.05, 3.63) is 0 Å². The Kier molecular flexibility index (Phi) is 14.1. The van der Waals surface area contributed by atoms with Gasteiger partial charge in [0.05, 0.1) is 18.9 Å². The lowest BCUT2D eigenvalue weighted by Crippen LogP contribution is -2.58. The molecule has 194 valence electrons. The maximum atomic E-state index is 13.0. The van der Waals surface area contributed by atoms with Gasteiger partial charge in [-0.05, 0) is 31.7 Å². The Bertz CT molecular complexity index is 747. The molecule has 5 atom stereocenters. The molecule has 0 saturated carbocycles. The monoisotopic (exact) mass is 488 g/mol. The summed E-state index contributed by atoms with van der Waals surface area (Å²) < 4.78 is 0. The summed E-state index contributed by atoms with van der Waals surface area (Å²) in [5, 5.41) is 25.2. The van der Waals surface area contributed by atoms with Crippen LogP contribution < -0.4 is 33.2 Å². The molecule has 0 saturated heterocycles. The number of carboxylic acids is 2. The van der Waals surface area contributed by atoms with E-state index in [4.69, 9.17) is 22.3 Å². The molecule has 0 spiro atoms. The fourth-order valence-corrected chi connectivity index (χ4v) is 2.94. The summed E-state index contributed by atoms with van der Waals surface area (Å²) in [5.41, 5.74) is 16.1. The van der Waals surface area contributed by atoms with E-state index in [1.54, 1.807) is 13.8 Å². The second-order valence-corrected chi connectivity index (χ2v) is 7.99. The maximum absolute atomic E-state index is 13.0. The van der Waals surface area contributed by atoms with Crippen molar-refractivity contribution in [2.45, 2.75) is 76.5 Å². The van der Waals surface area contributed by atoms with Crippen LogP contribution in [0, 0.1) is 5.92 Å². The lowest BCUT2D eigenvalue weighted by Gasteiger charge is -2.27. The first-order valence-corrected chi connectivity index (χ1v) is 10.9. The zero-order chi connectivity index (χ0) is 26.4. The summed E-state index contributed by atoms with van der Waals surface area (Å²) in [4.78, 5) is 71.3. The van der Waals surface area contributed by atoms with E-state index in [1.807, 2.05) is 0 Å². The number of aliphatic carboxylic acids is 2. The molecule has 0 radical (unpaired) electrons. The zero-order valence-electron chi connectivity index (χ0n) is 19.4. The van der Waals surface area contributed by atoms with E-state index in [2.05, 4.69) is 16.0 Å². The number of carboxylic acid groups (broad SMARTS) is 2. The first kappa shape index (κ1) is 30.7. The van der Waals surface area contributed by atoms with Gasteiger partial charge in [0.2, 0.25) is 23.6 Å². The van der Waals surface area contributed by atoms with Crippen molar-refractivity contribution in [3.63, 3.8) is 0 Å². The van der Waals surface area contributed by atoms with Gasteiger partial charge in [-0.25, -0.2) is 4.79 Å². The van der Waals surface area contributed by atoms with E-state index in [-0.39, 0.29) is 6.42 Å². The number of primary amides is 1. The number of carbonyl (C=O) groups is 6. The molecule has 14 nitrogen and oxygen atoms in total. The Labute approximate surface area is 197 Å². The van der Waals surface area contributed by atoms with Crippen molar-refractivity contribution < 1.29 is 39.0 Å². The van der Waals surface area contributed by atoms with Crippen molar-refractivity contribution in [1.29, 1.82) is 0 Å². The highest BCUT2D eigenvalue weighted by atomic mass is 16.4. The van der Waals surface area contributed by atoms with Crippen LogP contribution >= 0.6 is 0 Å². The molecule has 0 aliphatic rings. The number of carbonyl (C=O) groups excluding carboxylic acids is 4. The predicted molar refractivity (Wildman–Crippen MR) is 120 cm³/mol. The average Bonchev–Trinajstić information content (AvgIpc) is 2.74. The standard InChI is InChI=1S/C20H36N6O8/c1-3-10(2)16(26-17(30)11(22)8-15(28)29)19(32)24-12(6-4-5-7-21)18(31)25-13(20(33)34)9-14(23)27/h10-13,16H,3-9,21-22H2,1-2H3,(H2,23,27)(H,24,32)(H,25,31)(H,26,30)(H,28,29)(H,33,34). The van der Waals surface area contributed by atoms with Crippen LogP contribution in [0.2, 0.25) is 0 Å². The number of amides is 4. The van der Waals surface area contributed by atoms with Gasteiger partial charge in [-0.15, -0.1) is 0 Å². The van der Waals surface area contributed by atoms with Gasteiger partial charge in [0.15, 0.2) is 0 Å². The summed E-state index contributed by atoms with van der Waals surface area (Å²) in [6.45, 7) is 3.76. The summed E-state index contributed by atoms with van der Waals surface area (Å²) in [6.07, 6.45) is 0.234. The van der Waals surface area contributed by atoms with Crippen LogP contribution in [-0.4, -0.2) is 76.5 Å². The van der Waals surface area contributed by atoms with Gasteiger partial charge in [-0.3, -0.25) is 24.0 Å². The van der Waals surface area contributed by atoms with Crippen LogP contribution in [0.25, 0.3) is 0 Å². The molecule has 11 N–H and O–H groups in total. The molecule has 0 aromatic heterocycles. The van der Waals surface area contributed by atoms with Crippen LogP contribution in [0.1, 0.15) is 52.4 Å². The Morgan fingerprint density at radius 1 is 0.853 bits per heavy atom. The molecule has 0 aromatic carbocycles. The van der Waals surface area contributed by atoms with Gasteiger partial charge in [0.1, 0.15) is 18.1 Å². The topological polar surface area (TPSA) is 257 Å². The molecule has 0 fully saturated rings. The third-order valence-electron chi connectivity index (χ3n) is 5.12. The highest BCUT2D eigenvalue weighted by molar-refractivity contribution is 5.95. The fraction of sp³-hybridized carbons (Fsp3) is 0.700. The van der Waals surface area contributed by atoms with Gasteiger partial charge in [-0.2, -0.15) is 0 Å². The first-order chi connectivity index (χ1) is 15.8. The highest BCUT2D eigenvalue weighted by Gasteiger charge is 2.32. The molecule has 0 aliphatic heterocycles. The molecule has 5 unspecified atom stereocenters. The predicted octanol–water partition coefficient (Wildman–Crippen LogP) is -2.62. The Hall–Kier alpha value is -3.26. The molecule has 4 amide bonds. The number of hydrogen-bond acceptors (Lipinski definition) is 8. The second kappa shape index (κ2) is 15.6. The zero-order valence-corrected chi connectivity index (χ0v) is 19.4. The third kappa shape index (κ3) is 11.6. The van der Waals surface area contributed by atoms with Gasteiger partial charge < -0.3 is 43.4 Å². The minimum atomic E-state index is -1.59. The van der Waals surface area contributed by atoms with Crippen LogP contribution in [0.15, 0.2) is 0 Å². The minimum Gasteiger partial charge on any atom is -0.481 e. The van der Waals surface area contributed by atoms with Crippen molar-refractivity contribution in [2.75, 3.05) is 6.54 Å². The van der Waals surface area contributed by atoms with Crippen LogP contribution in [0.4, 0.5) is 0 Å². The van der Waals surface area contributed by atoms with Crippen LogP contribution in [0.3, 0.4) is 0 Å². The van der Waals surface area contributed by atoms with Crippen molar-refractivity contribution in [2.24, 2.45) is 23.1 Å². The summed E-state index contributed by atoms with van der Waals surface area (Å²) >= 11 is 0. The van der Waals surface area contributed by atoms with Crippen LogP contribution in [0.5, 0.6) is 0 Å². The normalized spacial score (nSPS) is 15.2. The lowest BCUT2D eigenvalue weighted by molar-refractivity contribution is -0.143. The van der Waals surface area contributed by atoms with Crippen molar-refractivity contribution in [3.8, 4) is 0 Å². The van der Waals surface area contributed by atoms with E-state index in [0.717, 1.165) is 0 Å². The maximum Gasteiger partial charge on any atom is 0.326 e. The van der Waals surface area contributed by atoms with E-state index in [0.29, 0.717) is 25.8 Å². The first-order valence-electron chi connectivity index (χ1n) is 10.9. The summed E-state index contributed by atoms with van der Waals surface area (Å²) in [5.74, 6) is -6.54. The van der Waals surface area contributed by atoms with E-state index in [9.17, 15) is 33.9 Å². The number of nitrogens with two attached hydrogens (primary N) is 3. The van der Waals surface area contributed by atoms with Crippen molar-refractivity contribution in [1.82, 2.24) is 16.0 Å². The van der Waals surface area contributed by atoms with E-state index in [1.165, 1.54) is 0 Å². The van der Waals surface area contributed by atoms with Gasteiger partial charge in [0.25, 0.3) is 0 Å². The highest BCUT2D eigenvalue weighted by Crippen LogP contribution is 2.11. The molecule has 14 heteroatoms. The Morgan fingerprint density at radius 3 is 1.91 bits per heavy atom. The number of hydrogen-bond donors (Lipinski definition) is 8. The Balaban J connectivity index is 5.59. The van der Waals surface area contributed by atoms with E-state index >= 15 is 0 Å². The largest absolute Gasteiger partial charge is 0.481 e. The second-order valence-electron chi connectivity index (χ2n) is 7.99. The van der Waals surface area contributed by atoms with Crippen molar-refractivity contribution >= 4 is 35.6 Å². The third-order valence-corrected chi connectivity index (χ3v) is 5.12. The SMILES string of the molecule is CCC(C)C(NC(=O)C(N)CC(=O)O)C(=O)NC(CCCCN)C(=O)NC(CC(N)=O)C(=O)O. The fourth-order valence-electron chi connectivity index (χ4n) is 2.94.